The van der Waals surface area contributed by atoms with Crippen LogP contribution < -0.4 is 5.32 Å². The molecule has 1 N–H and O–H groups in total. The van der Waals surface area contributed by atoms with Gasteiger partial charge < -0.3 is 10.1 Å². The van der Waals surface area contributed by atoms with E-state index in [4.69, 9.17) is 4.74 Å². The molecule has 6 heteroatoms. The Hall–Kier alpha value is -2.34. The van der Waals surface area contributed by atoms with Crippen LogP contribution in [0, 0.1) is 0 Å². The molecule has 2 rings (SSSR count). The van der Waals surface area contributed by atoms with Gasteiger partial charge >= 0.3 is 5.97 Å². The van der Waals surface area contributed by atoms with E-state index in [1.54, 1.807) is 18.3 Å². The highest BCUT2D eigenvalue weighted by Gasteiger charge is 2.16. The van der Waals surface area contributed by atoms with E-state index in [1.165, 1.54) is 11.8 Å². The van der Waals surface area contributed by atoms with Gasteiger partial charge in [0.25, 0.3) is 5.91 Å². The van der Waals surface area contributed by atoms with Crippen molar-refractivity contribution in [3.63, 3.8) is 0 Å². The number of nitrogens with one attached hydrogen (secondary N) is 1. The number of hydrogen-bond acceptors (Lipinski definition) is 5. The fourth-order valence-electron chi connectivity index (χ4n) is 1.89. The second-order valence-electron chi connectivity index (χ2n) is 5.05. The molecule has 24 heavy (non-hydrogen) atoms. The summed E-state index contributed by atoms with van der Waals surface area (Å²) in [6.45, 7) is 2.35. The number of nitrogens with zero attached hydrogens (tertiary/aromatic N) is 1. The molecule has 5 nitrogen and oxygen atoms in total. The summed E-state index contributed by atoms with van der Waals surface area (Å²) in [6.07, 6.45) is 3.52. The summed E-state index contributed by atoms with van der Waals surface area (Å²) in [7, 11) is 0. The molecule has 0 fully saturated rings. The van der Waals surface area contributed by atoms with Gasteiger partial charge in [-0.15, -0.1) is 0 Å². The third-order valence-electron chi connectivity index (χ3n) is 3.14. The molecule has 0 bridgehead atoms. The molecule has 126 valence electrons. The van der Waals surface area contributed by atoms with Crippen molar-refractivity contribution >= 4 is 23.6 Å². The van der Waals surface area contributed by atoms with E-state index >= 15 is 0 Å². The summed E-state index contributed by atoms with van der Waals surface area (Å²) in [5.41, 5.74) is 0.354. The third kappa shape index (κ3) is 5.70. The SMILES string of the molecule is CCCCNC(=O)COC(=O)c1cccnc1Sc1ccccc1. The minimum absolute atomic E-state index is 0.285. The smallest absolute Gasteiger partial charge is 0.341 e. The molecule has 0 spiro atoms. The van der Waals surface area contributed by atoms with Crippen molar-refractivity contribution in [1.82, 2.24) is 10.3 Å². The highest BCUT2D eigenvalue weighted by molar-refractivity contribution is 7.99. The van der Waals surface area contributed by atoms with Gasteiger partial charge in [0.2, 0.25) is 0 Å². The van der Waals surface area contributed by atoms with Crippen LogP contribution in [0.5, 0.6) is 0 Å². The predicted octanol–water partition coefficient (Wildman–Crippen LogP) is 3.31. The number of esters is 1. The maximum Gasteiger partial charge on any atom is 0.341 e. The second kappa shape index (κ2) is 9.72. The average Bonchev–Trinajstić information content (AvgIpc) is 2.61. The van der Waals surface area contributed by atoms with Crippen molar-refractivity contribution in [3.8, 4) is 0 Å². The van der Waals surface area contributed by atoms with Crippen molar-refractivity contribution in [2.24, 2.45) is 0 Å². The molecule has 0 atom stereocenters. The monoisotopic (exact) mass is 344 g/mol. The fourth-order valence-corrected chi connectivity index (χ4v) is 2.78. The van der Waals surface area contributed by atoms with Crippen LogP contribution in [-0.4, -0.2) is 30.0 Å². The minimum Gasteiger partial charge on any atom is -0.452 e. The zero-order chi connectivity index (χ0) is 17.2. The van der Waals surface area contributed by atoms with E-state index in [-0.39, 0.29) is 12.5 Å². The maximum atomic E-state index is 12.2. The number of ether oxygens (including phenoxy) is 1. The quantitative estimate of drug-likeness (QED) is 0.588. The number of rotatable bonds is 8. The summed E-state index contributed by atoms with van der Waals surface area (Å²) in [5.74, 6) is -0.842. The Labute approximate surface area is 145 Å². The lowest BCUT2D eigenvalue weighted by atomic mass is 10.3. The van der Waals surface area contributed by atoms with Crippen molar-refractivity contribution in [3.05, 3.63) is 54.2 Å². The van der Waals surface area contributed by atoms with Crippen molar-refractivity contribution < 1.29 is 14.3 Å². The number of aromatic nitrogens is 1. The highest BCUT2D eigenvalue weighted by atomic mass is 32.2. The average molecular weight is 344 g/mol. The van der Waals surface area contributed by atoms with Gasteiger partial charge in [-0.05, 0) is 30.7 Å². The van der Waals surface area contributed by atoms with E-state index in [1.807, 2.05) is 37.3 Å². The molecule has 1 aromatic heterocycles. The van der Waals surface area contributed by atoms with Crippen molar-refractivity contribution in [2.45, 2.75) is 29.7 Å². The van der Waals surface area contributed by atoms with Gasteiger partial charge in [0.15, 0.2) is 6.61 Å². The van der Waals surface area contributed by atoms with Gasteiger partial charge in [0.05, 0.1) is 5.56 Å². The van der Waals surface area contributed by atoms with Crippen LogP contribution >= 0.6 is 11.8 Å². The van der Waals surface area contributed by atoms with Gasteiger partial charge in [0, 0.05) is 17.6 Å². The third-order valence-corrected chi connectivity index (χ3v) is 4.16. The zero-order valence-corrected chi connectivity index (χ0v) is 14.3. The highest BCUT2D eigenvalue weighted by Crippen LogP contribution is 2.28. The van der Waals surface area contributed by atoms with Crippen LogP contribution in [-0.2, 0) is 9.53 Å². The van der Waals surface area contributed by atoms with E-state index < -0.39 is 5.97 Å². The lowest BCUT2D eigenvalue weighted by Gasteiger charge is -2.09. The molecule has 1 amide bonds. The molecule has 0 aliphatic carbocycles. The Morgan fingerprint density at radius 3 is 2.71 bits per heavy atom. The summed E-state index contributed by atoms with van der Waals surface area (Å²) in [4.78, 5) is 29.1. The van der Waals surface area contributed by atoms with E-state index in [0.717, 1.165) is 17.7 Å². The van der Waals surface area contributed by atoms with E-state index in [0.29, 0.717) is 17.1 Å². The maximum absolute atomic E-state index is 12.2. The number of amides is 1. The number of unbranched alkanes of at least 4 members (excludes halogenated alkanes) is 1. The Morgan fingerprint density at radius 2 is 1.96 bits per heavy atom. The van der Waals surface area contributed by atoms with Crippen LogP contribution in [0.2, 0.25) is 0 Å². The minimum atomic E-state index is -0.549. The Kier molecular flexibility index (Phi) is 7.29. The van der Waals surface area contributed by atoms with Crippen LogP contribution in [0.25, 0.3) is 0 Å². The normalized spacial score (nSPS) is 10.2. The Morgan fingerprint density at radius 1 is 1.17 bits per heavy atom. The summed E-state index contributed by atoms with van der Waals surface area (Å²) < 4.78 is 5.09. The first-order chi connectivity index (χ1) is 11.7. The van der Waals surface area contributed by atoms with Gasteiger partial charge in [-0.25, -0.2) is 9.78 Å². The molecule has 0 saturated heterocycles. The summed E-state index contributed by atoms with van der Waals surface area (Å²) >= 11 is 1.38. The van der Waals surface area contributed by atoms with Crippen LogP contribution in [0.4, 0.5) is 0 Å². The first-order valence-corrected chi connectivity index (χ1v) is 8.64. The van der Waals surface area contributed by atoms with Crippen LogP contribution in [0.1, 0.15) is 30.1 Å². The largest absolute Gasteiger partial charge is 0.452 e. The Bertz CT molecular complexity index is 677. The topological polar surface area (TPSA) is 68.3 Å². The molecule has 0 aliphatic rings. The van der Waals surface area contributed by atoms with Crippen molar-refractivity contribution in [1.29, 1.82) is 0 Å². The Balaban J connectivity index is 1.96. The molecule has 1 heterocycles. The molecule has 0 aliphatic heterocycles. The summed E-state index contributed by atoms with van der Waals surface area (Å²) in [5, 5.41) is 3.26. The predicted molar refractivity (Wildman–Crippen MR) is 93.0 cm³/mol. The molecule has 0 radical (unpaired) electrons. The first kappa shape index (κ1) is 18.0. The standard InChI is InChI=1S/C18H20N2O3S/c1-2-3-11-19-16(21)13-23-18(22)15-10-7-12-20-17(15)24-14-8-5-4-6-9-14/h4-10,12H,2-3,11,13H2,1H3,(H,19,21). The molecular formula is C18H20N2O3S. The van der Waals surface area contributed by atoms with E-state index in [2.05, 4.69) is 10.3 Å². The van der Waals surface area contributed by atoms with Gasteiger partial charge in [-0.1, -0.05) is 43.3 Å². The molecule has 1 aromatic carbocycles. The second-order valence-corrected chi connectivity index (χ2v) is 6.11. The lowest BCUT2D eigenvalue weighted by molar-refractivity contribution is -0.124. The molecule has 0 saturated carbocycles. The molecular weight excluding hydrogens is 324 g/mol. The fraction of sp³-hybridized carbons (Fsp3) is 0.278. The zero-order valence-electron chi connectivity index (χ0n) is 13.5. The first-order valence-electron chi connectivity index (χ1n) is 7.82. The number of hydrogen-bond donors (Lipinski definition) is 1. The number of pyridine rings is 1. The summed E-state index contributed by atoms with van der Waals surface area (Å²) in [6, 6.07) is 13.0. The molecule has 2 aromatic rings. The van der Waals surface area contributed by atoms with E-state index in [9.17, 15) is 9.59 Å². The van der Waals surface area contributed by atoms with Crippen LogP contribution in [0.3, 0.4) is 0 Å². The van der Waals surface area contributed by atoms with Gasteiger partial charge in [0.1, 0.15) is 5.03 Å². The number of carbonyl (C=O) groups is 2. The molecule has 0 unspecified atom stereocenters. The number of benzene rings is 1. The number of carbonyl (C=O) groups excluding carboxylic acids is 2. The van der Waals surface area contributed by atoms with Gasteiger partial charge in [-0.2, -0.15) is 0 Å². The van der Waals surface area contributed by atoms with Crippen molar-refractivity contribution in [2.75, 3.05) is 13.2 Å². The van der Waals surface area contributed by atoms with Gasteiger partial charge in [-0.3, -0.25) is 4.79 Å². The van der Waals surface area contributed by atoms with Crippen LogP contribution in [0.15, 0.2) is 58.6 Å². The lowest BCUT2D eigenvalue weighted by Crippen LogP contribution is -2.29.